The van der Waals surface area contributed by atoms with E-state index in [0.717, 1.165) is 75.1 Å². The molecule has 6 heteroatoms. The molecule has 1 N–H and O–H groups in total. The molecular formula is C25H33ClN2O3. The molecule has 1 aliphatic carbocycles. The fourth-order valence-electron chi connectivity index (χ4n) is 5.03. The third-order valence-electron chi connectivity index (χ3n) is 6.94. The molecule has 168 valence electrons. The van der Waals surface area contributed by atoms with Crippen molar-refractivity contribution in [2.75, 3.05) is 39.8 Å². The van der Waals surface area contributed by atoms with Crippen LogP contribution in [0.1, 0.15) is 31.2 Å². The van der Waals surface area contributed by atoms with Crippen LogP contribution in [0, 0.1) is 5.92 Å². The number of carbonyl (C=O) groups is 1. The molecule has 0 radical (unpaired) electrons. The number of benzene rings is 1. The second-order valence-electron chi connectivity index (χ2n) is 9.09. The van der Waals surface area contributed by atoms with Crippen molar-refractivity contribution >= 4 is 17.4 Å². The zero-order chi connectivity index (χ0) is 21.8. The monoisotopic (exact) mass is 444 g/mol. The molecule has 2 aliphatic heterocycles. The number of rotatable bonds is 5. The van der Waals surface area contributed by atoms with Gasteiger partial charge in [0.25, 0.3) is 0 Å². The van der Waals surface area contributed by atoms with E-state index in [1.165, 1.54) is 12.3 Å². The van der Waals surface area contributed by atoms with Crippen LogP contribution in [0.4, 0.5) is 0 Å². The maximum atomic E-state index is 12.6. The molecule has 3 atom stereocenters. The van der Waals surface area contributed by atoms with E-state index >= 15 is 0 Å². The van der Waals surface area contributed by atoms with Crippen LogP contribution in [0.5, 0.6) is 0 Å². The summed E-state index contributed by atoms with van der Waals surface area (Å²) < 4.78 is 5.72. The van der Waals surface area contributed by atoms with Crippen molar-refractivity contribution in [1.29, 1.82) is 0 Å². The van der Waals surface area contributed by atoms with Crippen molar-refractivity contribution in [3.05, 3.63) is 58.3 Å². The van der Waals surface area contributed by atoms with Gasteiger partial charge in [-0.15, -0.1) is 0 Å². The topological polar surface area (TPSA) is 53.0 Å². The first-order valence-electron chi connectivity index (χ1n) is 11.4. The predicted octanol–water partition coefficient (Wildman–Crippen LogP) is 3.46. The van der Waals surface area contributed by atoms with E-state index in [2.05, 4.69) is 16.8 Å². The number of carbonyl (C=O) groups excluding carboxylic acids is 1. The molecule has 3 unspecified atom stereocenters. The van der Waals surface area contributed by atoms with Crippen molar-refractivity contribution in [3.63, 3.8) is 0 Å². The highest BCUT2D eigenvalue weighted by molar-refractivity contribution is 6.31. The number of ether oxygens (including phenoxy) is 1. The highest BCUT2D eigenvalue weighted by Gasteiger charge is 2.35. The van der Waals surface area contributed by atoms with Crippen LogP contribution in [0.3, 0.4) is 0 Å². The molecule has 1 saturated heterocycles. The normalized spacial score (nSPS) is 29.6. The Balaban J connectivity index is 1.62. The number of aliphatic hydroxyl groups is 1. The largest absolute Gasteiger partial charge is 0.485 e. The van der Waals surface area contributed by atoms with Gasteiger partial charge in [-0.05, 0) is 55.5 Å². The molecule has 1 aromatic carbocycles. The van der Waals surface area contributed by atoms with E-state index in [4.69, 9.17) is 16.3 Å². The Labute approximate surface area is 190 Å². The number of halogens is 1. The third kappa shape index (κ3) is 5.40. The average molecular weight is 445 g/mol. The van der Waals surface area contributed by atoms with Crippen LogP contribution in [0.2, 0.25) is 5.02 Å². The molecule has 0 bridgehead atoms. The Morgan fingerprint density at radius 1 is 1.19 bits per heavy atom. The zero-order valence-corrected chi connectivity index (χ0v) is 19.1. The van der Waals surface area contributed by atoms with Crippen LogP contribution < -0.4 is 0 Å². The number of likely N-dealkylation sites (N-methyl/N-ethyl adjacent to an activating group) is 1. The molecular weight excluding hydrogens is 412 g/mol. The van der Waals surface area contributed by atoms with Crippen molar-refractivity contribution in [3.8, 4) is 0 Å². The highest BCUT2D eigenvalue weighted by atomic mass is 35.5. The third-order valence-corrected chi connectivity index (χ3v) is 7.30. The molecule has 3 aliphatic rings. The van der Waals surface area contributed by atoms with Crippen molar-refractivity contribution in [1.82, 2.24) is 9.80 Å². The van der Waals surface area contributed by atoms with Gasteiger partial charge in [-0.25, -0.2) is 0 Å². The maximum absolute atomic E-state index is 12.6. The fraction of sp³-hybridized carbons (Fsp3) is 0.560. The van der Waals surface area contributed by atoms with Gasteiger partial charge in [-0.1, -0.05) is 36.2 Å². The average Bonchev–Trinajstić information content (AvgIpc) is 3.11. The van der Waals surface area contributed by atoms with Crippen molar-refractivity contribution in [2.24, 2.45) is 5.92 Å². The molecule has 1 aromatic rings. The second-order valence-corrected chi connectivity index (χ2v) is 9.50. The van der Waals surface area contributed by atoms with Crippen LogP contribution in [-0.4, -0.2) is 72.7 Å². The van der Waals surface area contributed by atoms with Gasteiger partial charge in [-0.3, -0.25) is 4.79 Å². The van der Waals surface area contributed by atoms with E-state index in [9.17, 15) is 9.90 Å². The number of piperazine rings is 1. The molecule has 5 nitrogen and oxygen atoms in total. The summed E-state index contributed by atoms with van der Waals surface area (Å²) in [6, 6.07) is 7.72. The molecule has 0 aromatic heterocycles. The van der Waals surface area contributed by atoms with Crippen molar-refractivity contribution in [2.45, 2.75) is 44.3 Å². The number of hydrogen-bond acceptors (Lipinski definition) is 5. The van der Waals surface area contributed by atoms with Gasteiger partial charge >= 0.3 is 0 Å². The summed E-state index contributed by atoms with van der Waals surface area (Å²) in [5, 5.41) is 12.2. The standard InChI is InChI=1S/C25H33ClN2O3/c1-27-11-13-28(14-12-27)17-19-7-2-4-8-20(24(19)30)21(25-23(29)10-15-31-25)16-18-6-3-5-9-22(18)26/h3,5-6,9-10,15,19,24-25,30H,2,4,7-8,11-14,16-17H2,1H3. The maximum Gasteiger partial charge on any atom is 0.203 e. The van der Waals surface area contributed by atoms with Gasteiger partial charge in [0, 0.05) is 49.7 Å². The lowest BCUT2D eigenvalue weighted by Crippen LogP contribution is -2.47. The van der Waals surface area contributed by atoms with E-state index < -0.39 is 12.2 Å². The molecule has 0 spiro atoms. The lowest BCUT2D eigenvalue weighted by molar-refractivity contribution is -0.118. The quantitative estimate of drug-likeness (QED) is 0.556. The number of aliphatic hydroxyl groups excluding tert-OH is 1. The first-order valence-corrected chi connectivity index (χ1v) is 11.8. The summed E-state index contributed by atoms with van der Waals surface area (Å²) in [7, 11) is 2.16. The Kier molecular flexibility index (Phi) is 7.49. The SMILES string of the molecule is CN1CCN(CC2CCCCC(=C(Cc3ccccc3Cl)C3OC=CC3=O)C2O)CC1. The fourth-order valence-corrected chi connectivity index (χ4v) is 5.23. The van der Waals surface area contributed by atoms with E-state index in [-0.39, 0.29) is 11.7 Å². The highest BCUT2D eigenvalue weighted by Crippen LogP contribution is 2.35. The Morgan fingerprint density at radius 3 is 2.68 bits per heavy atom. The lowest BCUT2D eigenvalue weighted by Gasteiger charge is -2.36. The van der Waals surface area contributed by atoms with Gasteiger partial charge in [0.1, 0.15) is 0 Å². The van der Waals surface area contributed by atoms with E-state index in [1.54, 1.807) is 0 Å². The molecule has 1 saturated carbocycles. The van der Waals surface area contributed by atoms with Gasteiger partial charge in [0.15, 0.2) is 6.10 Å². The minimum Gasteiger partial charge on any atom is -0.485 e. The van der Waals surface area contributed by atoms with Crippen LogP contribution in [0.15, 0.2) is 47.7 Å². The van der Waals surface area contributed by atoms with Crippen LogP contribution in [-0.2, 0) is 16.0 Å². The number of nitrogens with zero attached hydrogens (tertiary/aromatic N) is 2. The minimum absolute atomic E-state index is 0.0541. The summed E-state index contributed by atoms with van der Waals surface area (Å²) in [6.07, 6.45) is 6.20. The van der Waals surface area contributed by atoms with Gasteiger partial charge in [0.05, 0.1) is 12.4 Å². The first-order chi connectivity index (χ1) is 15.0. The number of ketones is 1. The molecule has 2 heterocycles. The minimum atomic E-state index is -0.650. The molecule has 31 heavy (non-hydrogen) atoms. The zero-order valence-electron chi connectivity index (χ0n) is 18.3. The summed E-state index contributed by atoms with van der Waals surface area (Å²) in [4.78, 5) is 17.4. The summed E-state index contributed by atoms with van der Waals surface area (Å²) in [5.74, 6) is 0.119. The Morgan fingerprint density at radius 2 is 1.97 bits per heavy atom. The smallest absolute Gasteiger partial charge is 0.203 e. The van der Waals surface area contributed by atoms with E-state index in [0.29, 0.717) is 11.4 Å². The number of hydrogen-bond donors (Lipinski definition) is 1. The Hall–Kier alpha value is -1.66. The first kappa shape index (κ1) is 22.5. The predicted molar refractivity (Wildman–Crippen MR) is 123 cm³/mol. The van der Waals surface area contributed by atoms with E-state index in [1.807, 2.05) is 24.3 Å². The molecule has 0 amide bonds. The summed E-state index contributed by atoms with van der Waals surface area (Å²) in [5.41, 5.74) is 2.83. The van der Waals surface area contributed by atoms with Crippen molar-refractivity contribution < 1.29 is 14.6 Å². The van der Waals surface area contributed by atoms with Crippen LogP contribution >= 0.6 is 11.6 Å². The second kappa shape index (κ2) is 10.3. The summed E-state index contributed by atoms with van der Waals surface area (Å²) >= 11 is 6.45. The molecule has 2 fully saturated rings. The Bertz CT molecular complexity index is 845. The van der Waals surface area contributed by atoms with Gasteiger partial charge < -0.3 is 19.6 Å². The lowest BCUT2D eigenvalue weighted by atomic mass is 9.85. The summed E-state index contributed by atoms with van der Waals surface area (Å²) in [6.45, 7) is 5.12. The van der Waals surface area contributed by atoms with Crippen LogP contribution in [0.25, 0.3) is 0 Å². The molecule has 4 rings (SSSR count). The van der Waals surface area contributed by atoms with Gasteiger partial charge in [-0.2, -0.15) is 0 Å². The van der Waals surface area contributed by atoms with Gasteiger partial charge in [0.2, 0.25) is 5.78 Å².